The lowest BCUT2D eigenvalue weighted by Gasteiger charge is -2.43. The molecule has 124 valence electrons. The Labute approximate surface area is 130 Å². The van der Waals surface area contributed by atoms with E-state index in [2.05, 4.69) is 31.0 Å². The summed E-state index contributed by atoms with van der Waals surface area (Å²) < 4.78 is 23.1. The molecular weight excluding hydrogens is 284 g/mol. The summed E-state index contributed by atoms with van der Waals surface area (Å²) in [6.45, 7) is 10.6. The second kappa shape index (κ2) is 7.42. The topological polar surface area (TPSA) is 49.4 Å². The van der Waals surface area contributed by atoms with Crippen molar-refractivity contribution in [1.29, 1.82) is 0 Å². The van der Waals surface area contributed by atoms with Gasteiger partial charge in [-0.05, 0) is 43.6 Å². The number of sulfone groups is 1. The van der Waals surface area contributed by atoms with E-state index in [-0.39, 0.29) is 0 Å². The van der Waals surface area contributed by atoms with Gasteiger partial charge in [0.25, 0.3) is 0 Å². The third kappa shape index (κ3) is 4.93. The Balaban J connectivity index is 1.94. The maximum Gasteiger partial charge on any atom is 0.152 e. The summed E-state index contributed by atoms with van der Waals surface area (Å²) in [7, 11) is -2.76. The Morgan fingerprint density at radius 2 is 1.81 bits per heavy atom. The van der Waals surface area contributed by atoms with Crippen LogP contribution in [0.2, 0.25) is 0 Å². The first-order chi connectivity index (χ1) is 9.91. The van der Waals surface area contributed by atoms with Crippen molar-refractivity contribution >= 4 is 9.84 Å². The van der Waals surface area contributed by atoms with Crippen molar-refractivity contribution < 1.29 is 8.42 Å². The molecule has 2 aliphatic rings. The monoisotopic (exact) mass is 316 g/mol. The Morgan fingerprint density at radius 1 is 1.14 bits per heavy atom. The molecule has 2 fully saturated rings. The fraction of sp³-hybridized carbons (Fsp3) is 1.00. The van der Waals surface area contributed by atoms with Gasteiger partial charge < -0.3 is 10.2 Å². The molecule has 0 amide bonds. The van der Waals surface area contributed by atoms with E-state index in [1.807, 2.05) is 0 Å². The van der Waals surface area contributed by atoms with Crippen LogP contribution < -0.4 is 5.32 Å². The first-order valence-electron chi connectivity index (χ1n) is 8.57. The van der Waals surface area contributed by atoms with Gasteiger partial charge in [-0.2, -0.15) is 0 Å². The van der Waals surface area contributed by atoms with E-state index in [0.29, 0.717) is 23.5 Å². The SMILES string of the molecule is CCCNC1CC(C)CC(C)C1CN1CCS(=O)(=O)CC1. The second-order valence-corrected chi connectivity index (χ2v) is 9.53. The van der Waals surface area contributed by atoms with Crippen molar-refractivity contribution in [3.8, 4) is 0 Å². The molecule has 5 heteroatoms. The van der Waals surface area contributed by atoms with Crippen LogP contribution in [-0.4, -0.2) is 57.0 Å². The summed E-state index contributed by atoms with van der Waals surface area (Å²) in [6.07, 6.45) is 3.75. The maximum atomic E-state index is 11.6. The van der Waals surface area contributed by atoms with Crippen molar-refractivity contribution in [2.24, 2.45) is 17.8 Å². The van der Waals surface area contributed by atoms with Crippen molar-refractivity contribution in [1.82, 2.24) is 10.2 Å². The average molecular weight is 317 g/mol. The van der Waals surface area contributed by atoms with Crippen LogP contribution in [0.25, 0.3) is 0 Å². The molecule has 1 aliphatic carbocycles. The van der Waals surface area contributed by atoms with Crippen LogP contribution in [0.4, 0.5) is 0 Å². The van der Waals surface area contributed by atoms with Crippen LogP contribution in [0.1, 0.15) is 40.0 Å². The van der Waals surface area contributed by atoms with Gasteiger partial charge in [0, 0.05) is 25.7 Å². The van der Waals surface area contributed by atoms with Gasteiger partial charge >= 0.3 is 0 Å². The number of hydrogen-bond donors (Lipinski definition) is 1. The van der Waals surface area contributed by atoms with E-state index < -0.39 is 9.84 Å². The molecule has 4 unspecified atom stereocenters. The highest BCUT2D eigenvalue weighted by atomic mass is 32.2. The lowest BCUT2D eigenvalue weighted by molar-refractivity contribution is 0.104. The summed E-state index contributed by atoms with van der Waals surface area (Å²) in [5.41, 5.74) is 0. The lowest BCUT2D eigenvalue weighted by atomic mass is 9.72. The van der Waals surface area contributed by atoms with E-state index in [1.54, 1.807) is 0 Å². The summed E-state index contributed by atoms with van der Waals surface area (Å²) in [5, 5.41) is 3.74. The first-order valence-corrected chi connectivity index (χ1v) is 10.4. The third-order valence-electron chi connectivity index (χ3n) is 5.24. The average Bonchev–Trinajstić information content (AvgIpc) is 2.41. The van der Waals surface area contributed by atoms with Crippen LogP contribution in [0.15, 0.2) is 0 Å². The van der Waals surface area contributed by atoms with Gasteiger partial charge in [-0.15, -0.1) is 0 Å². The standard InChI is InChI=1S/C16H32N2O2S/c1-4-5-17-16-11-13(2)10-14(3)15(16)12-18-6-8-21(19,20)9-7-18/h13-17H,4-12H2,1-3H3. The molecule has 0 aromatic rings. The minimum Gasteiger partial charge on any atom is -0.314 e. The predicted octanol–water partition coefficient (Wildman–Crippen LogP) is 1.77. The van der Waals surface area contributed by atoms with E-state index in [0.717, 1.165) is 38.0 Å². The highest BCUT2D eigenvalue weighted by Gasteiger charge is 2.35. The van der Waals surface area contributed by atoms with Crippen molar-refractivity contribution in [3.63, 3.8) is 0 Å². The van der Waals surface area contributed by atoms with E-state index >= 15 is 0 Å². The van der Waals surface area contributed by atoms with Gasteiger partial charge in [0.1, 0.15) is 0 Å². The van der Waals surface area contributed by atoms with Gasteiger partial charge in [-0.1, -0.05) is 20.8 Å². The van der Waals surface area contributed by atoms with Crippen LogP contribution in [0.5, 0.6) is 0 Å². The molecule has 2 rings (SSSR count). The van der Waals surface area contributed by atoms with Crippen molar-refractivity contribution in [3.05, 3.63) is 0 Å². The summed E-state index contributed by atoms with van der Waals surface area (Å²) in [5.74, 6) is 2.87. The molecular formula is C16H32N2O2S. The van der Waals surface area contributed by atoms with Crippen LogP contribution >= 0.6 is 0 Å². The molecule has 0 aromatic carbocycles. The van der Waals surface area contributed by atoms with E-state index in [4.69, 9.17) is 0 Å². The Kier molecular flexibility index (Phi) is 6.09. The summed E-state index contributed by atoms with van der Waals surface area (Å²) in [4.78, 5) is 2.37. The zero-order chi connectivity index (χ0) is 15.5. The minimum absolute atomic E-state index is 0.345. The number of nitrogens with one attached hydrogen (secondary N) is 1. The van der Waals surface area contributed by atoms with Gasteiger partial charge in [-0.3, -0.25) is 0 Å². The summed E-state index contributed by atoms with van der Waals surface area (Å²) >= 11 is 0. The molecule has 1 saturated carbocycles. The normalized spacial score (nSPS) is 37.5. The smallest absolute Gasteiger partial charge is 0.152 e. The molecule has 0 spiro atoms. The zero-order valence-electron chi connectivity index (χ0n) is 13.8. The Hall–Kier alpha value is -0.130. The molecule has 4 nitrogen and oxygen atoms in total. The minimum atomic E-state index is -2.76. The fourth-order valence-corrected chi connectivity index (χ4v) is 5.29. The fourth-order valence-electron chi connectivity index (χ4n) is 4.01. The second-order valence-electron chi connectivity index (χ2n) is 7.23. The van der Waals surface area contributed by atoms with E-state index in [1.165, 1.54) is 19.3 Å². The van der Waals surface area contributed by atoms with Gasteiger partial charge in [0.05, 0.1) is 11.5 Å². The molecule has 21 heavy (non-hydrogen) atoms. The Bertz CT molecular complexity index is 410. The van der Waals surface area contributed by atoms with E-state index in [9.17, 15) is 8.42 Å². The highest BCUT2D eigenvalue weighted by molar-refractivity contribution is 7.91. The van der Waals surface area contributed by atoms with Crippen molar-refractivity contribution in [2.75, 3.05) is 37.7 Å². The predicted molar refractivity (Wildman–Crippen MR) is 88.2 cm³/mol. The molecule has 1 N–H and O–H groups in total. The highest BCUT2D eigenvalue weighted by Crippen LogP contribution is 2.34. The van der Waals surface area contributed by atoms with Gasteiger partial charge in [0.2, 0.25) is 0 Å². The largest absolute Gasteiger partial charge is 0.314 e. The number of rotatable bonds is 5. The molecule has 1 heterocycles. The third-order valence-corrected chi connectivity index (χ3v) is 6.85. The zero-order valence-corrected chi connectivity index (χ0v) is 14.7. The molecule has 0 bridgehead atoms. The molecule has 4 atom stereocenters. The lowest BCUT2D eigenvalue weighted by Crippen LogP contribution is -2.51. The molecule has 0 radical (unpaired) electrons. The van der Waals surface area contributed by atoms with Crippen LogP contribution in [0.3, 0.4) is 0 Å². The van der Waals surface area contributed by atoms with Gasteiger partial charge in [0.15, 0.2) is 9.84 Å². The number of nitrogens with zero attached hydrogens (tertiary/aromatic N) is 1. The van der Waals surface area contributed by atoms with Crippen molar-refractivity contribution in [2.45, 2.75) is 46.1 Å². The molecule has 1 aliphatic heterocycles. The quantitative estimate of drug-likeness (QED) is 0.840. The maximum absolute atomic E-state index is 11.6. The number of hydrogen-bond acceptors (Lipinski definition) is 4. The Morgan fingerprint density at radius 3 is 2.43 bits per heavy atom. The van der Waals surface area contributed by atoms with Crippen LogP contribution in [0, 0.1) is 17.8 Å². The van der Waals surface area contributed by atoms with Crippen LogP contribution in [-0.2, 0) is 9.84 Å². The summed E-state index contributed by atoms with van der Waals surface area (Å²) in [6, 6.07) is 0.599. The van der Waals surface area contributed by atoms with Gasteiger partial charge in [-0.25, -0.2) is 8.42 Å². The first kappa shape index (κ1) is 17.2. The molecule has 0 aromatic heterocycles. The molecule has 1 saturated heterocycles.